The van der Waals surface area contributed by atoms with Crippen molar-refractivity contribution in [1.82, 2.24) is 0 Å². The number of phenolic OH excluding ortho intramolecular Hbond substituents is 2. The molecule has 6 atom stereocenters. The van der Waals surface area contributed by atoms with Gasteiger partial charge in [0, 0.05) is 17.7 Å². The molecular weight excluding hydrogens is 500 g/mol. The lowest BCUT2D eigenvalue weighted by Crippen LogP contribution is -2.56. The Bertz CT molecular complexity index is 1360. The predicted octanol–water partition coefficient (Wildman–Crippen LogP) is 1.99. The quantitative estimate of drug-likeness (QED) is 0.282. The van der Waals surface area contributed by atoms with Gasteiger partial charge in [0.25, 0.3) is 0 Å². The Morgan fingerprint density at radius 1 is 1.11 bits per heavy atom. The van der Waals surface area contributed by atoms with Crippen LogP contribution >= 0.6 is 0 Å². The number of ether oxygens (including phenoxy) is 3. The number of carbonyl (C=O) groups excluding carboxylic acids is 1. The molecule has 1 aliphatic rings. The molecule has 5 N–H and O–H groups in total. The molecule has 38 heavy (non-hydrogen) atoms. The number of methoxy groups -OCH3 is 1. The van der Waals surface area contributed by atoms with Crippen LogP contribution in [0.15, 0.2) is 45.6 Å². The predicted molar refractivity (Wildman–Crippen MR) is 134 cm³/mol. The van der Waals surface area contributed by atoms with Gasteiger partial charge in [-0.2, -0.15) is 0 Å². The second-order valence-corrected chi connectivity index (χ2v) is 9.21. The minimum Gasteiger partial charge on any atom is -0.508 e. The van der Waals surface area contributed by atoms with Crippen molar-refractivity contribution in [2.75, 3.05) is 13.7 Å². The molecule has 2 heterocycles. The van der Waals surface area contributed by atoms with Gasteiger partial charge in [0.2, 0.25) is 0 Å². The smallest absolute Gasteiger partial charge is 0.309 e. The Balaban J connectivity index is 1.98. The molecule has 3 aromatic rings. The fourth-order valence-electron chi connectivity index (χ4n) is 4.39. The number of rotatable bonds is 7. The fraction of sp³-hybridized carbons (Fsp3) is 0.407. The van der Waals surface area contributed by atoms with Crippen molar-refractivity contribution in [3.8, 4) is 28.6 Å². The number of fused-ring (bicyclic) bond motifs is 1. The maximum Gasteiger partial charge on any atom is 0.309 e. The molecule has 0 amide bonds. The second-order valence-electron chi connectivity index (χ2n) is 9.21. The highest BCUT2D eigenvalue weighted by atomic mass is 16.6. The first-order valence-corrected chi connectivity index (χ1v) is 12.1. The number of esters is 1. The maximum absolute atomic E-state index is 13.2. The lowest BCUT2D eigenvalue weighted by atomic mass is 9.89. The second kappa shape index (κ2) is 11.0. The van der Waals surface area contributed by atoms with E-state index in [1.54, 1.807) is 13.8 Å². The topological polar surface area (TPSA) is 176 Å². The molecule has 4 rings (SSSR count). The minimum atomic E-state index is -1.68. The summed E-state index contributed by atoms with van der Waals surface area (Å²) in [6, 6.07) is 8.19. The number of benzene rings is 2. The molecule has 1 aromatic heterocycles. The van der Waals surface area contributed by atoms with Crippen LogP contribution in [0.3, 0.4) is 0 Å². The van der Waals surface area contributed by atoms with Crippen LogP contribution in [0.4, 0.5) is 0 Å². The van der Waals surface area contributed by atoms with Gasteiger partial charge in [-0.15, -0.1) is 0 Å². The van der Waals surface area contributed by atoms with Crippen molar-refractivity contribution in [2.24, 2.45) is 5.92 Å². The molecule has 3 unspecified atom stereocenters. The van der Waals surface area contributed by atoms with E-state index in [9.17, 15) is 35.1 Å². The highest BCUT2D eigenvalue weighted by Crippen LogP contribution is 2.45. The van der Waals surface area contributed by atoms with Crippen molar-refractivity contribution < 1.29 is 49.0 Å². The van der Waals surface area contributed by atoms with Crippen molar-refractivity contribution in [1.29, 1.82) is 0 Å². The van der Waals surface area contributed by atoms with Crippen LogP contribution in [0.1, 0.15) is 31.9 Å². The zero-order valence-electron chi connectivity index (χ0n) is 21.0. The monoisotopic (exact) mass is 530 g/mol. The third-order valence-electron chi connectivity index (χ3n) is 6.77. The zero-order chi connectivity index (χ0) is 27.7. The molecule has 1 saturated heterocycles. The summed E-state index contributed by atoms with van der Waals surface area (Å²) in [5.74, 6) is -1.58. The van der Waals surface area contributed by atoms with Gasteiger partial charge < -0.3 is 44.2 Å². The number of phenols is 2. The van der Waals surface area contributed by atoms with Gasteiger partial charge in [0.1, 0.15) is 52.8 Å². The summed E-state index contributed by atoms with van der Waals surface area (Å²) in [5.41, 5.74) is -0.335. The number of aliphatic hydroxyl groups excluding tert-OH is 3. The molecule has 1 aliphatic heterocycles. The van der Waals surface area contributed by atoms with Crippen molar-refractivity contribution in [2.45, 2.75) is 50.8 Å². The van der Waals surface area contributed by atoms with E-state index in [4.69, 9.17) is 18.6 Å². The number of carbonyl (C=O) groups is 1. The van der Waals surface area contributed by atoms with Gasteiger partial charge in [-0.1, -0.05) is 13.8 Å². The number of hydrogen-bond donors (Lipinski definition) is 5. The first kappa shape index (κ1) is 27.4. The van der Waals surface area contributed by atoms with E-state index in [1.165, 1.54) is 37.4 Å². The normalized spacial score (nSPS) is 24.2. The molecule has 0 bridgehead atoms. The summed E-state index contributed by atoms with van der Waals surface area (Å²) in [5, 5.41) is 51.4. The van der Waals surface area contributed by atoms with Gasteiger partial charge >= 0.3 is 5.97 Å². The molecule has 0 radical (unpaired) electrons. The van der Waals surface area contributed by atoms with E-state index < -0.39 is 60.2 Å². The van der Waals surface area contributed by atoms with E-state index in [1.807, 2.05) is 0 Å². The number of aromatic hydroxyl groups is 2. The van der Waals surface area contributed by atoms with Gasteiger partial charge in [-0.3, -0.25) is 9.59 Å². The molecule has 11 heteroatoms. The molecule has 204 valence electrons. The van der Waals surface area contributed by atoms with Crippen LogP contribution < -0.4 is 10.2 Å². The molecule has 0 aliphatic carbocycles. The lowest BCUT2D eigenvalue weighted by molar-refractivity contribution is -0.242. The van der Waals surface area contributed by atoms with Gasteiger partial charge in [0.05, 0.1) is 25.2 Å². The number of aliphatic hydroxyl groups is 3. The van der Waals surface area contributed by atoms with Crippen molar-refractivity contribution >= 4 is 16.9 Å². The van der Waals surface area contributed by atoms with Crippen LogP contribution in [-0.4, -0.2) is 69.6 Å². The summed E-state index contributed by atoms with van der Waals surface area (Å²) >= 11 is 0. The standard InChI is InChI=1S/C27H30O11/c1-4-12(2)27(34)38-26-23(33)22(32)19(11-28)37-25(26)21-18(35-3)10-16(31)20-15(30)9-17(36-24(20)21)13-5-7-14(29)8-6-13/h5-10,12,19,22-23,25-26,28-29,31-33H,4,11H2,1-3H3/t12?,19?,22-,23+,25+,26?/m1/s1. The highest BCUT2D eigenvalue weighted by molar-refractivity contribution is 5.90. The first-order chi connectivity index (χ1) is 18.1. The average Bonchev–Trinajstić information content (AvgIpc) is 2.91. The Labute approximate surface area is 217 Å². The zero-order valence-corrected chi connectivity index (χ0v) is 21.0. The van der Waals surface area contributed by atoms with E-state index in [0.29, 0.717) is 12.0 Å². The average molecular weight is 531 g/mol. The van der Waals surface area contributed by atoms with Gasteiger partial charge in [0.15, 0.2) is 17.1 Å². The van der Waals surface area contributed by atoms with Gasteiger partial charge in [-0.25, -0.2) is 0 Å². The third kappa shape index (κ3) is 4.93. The van der Waals surface area contributed by atoms with Crippen molar-refractivity contribution in [3.05, 3.63) is 52.2 Å². The fourth-order valence-corrected chi connectivity index (χ4v) is 4.39. The Morgan fingerprint density at radius 3 is 2.39 bits per heavy atom. The third-order valence-corrected chi connectivity index (χ3v) is 6.77. The Kier molecular flexibility index (Phi) is 7.93. The van der Waals surface area contributed by atoms with E-state index in [2.05, 4.69) is 0 Å². The summed E-state index contributed by atoms with van der Waals surface area (Å²) in [6.07, 6.45) is -6.98. The first-order valence-electron chi connectivity index (χ1n) is 12.1. The molecule has 2 aromatic carbocycles. The Hall–Kier alpha value is -3.64. The van der Waals surface area contributed by atoms with E-state index in [0.717, 1.165) is 6.07 Å². The van der Waals surface area contributed by atoms with Crippen LogP contribution in [0, 0.1) is 5.92 Å². The largest absolute Gasteiger partial charge is 0.508 e. The van der Waals surface area contributed by atoms with Crippen LogP contribution in [0.25, 0.3) is 22.3 Å². The van der Waals surface area contributed by atoms with Crippen LogP contribution in [0.2, 0.25) is 0 Å². The lowest BCUT2D eigenvalue weighted by Gasteiger charge is -2.42. The van der Waals surface area contributed by atoms with Crippen molar-refractivity contribution in [3.63, 3.8) is 0 Å². The molecule has 1 fully saturated rings. The number of hydrogen-bond acceptors (Lipinski definition) is 11. The molecular formula is C27H30O11. The summed E-state index contributed by atoms with van der Waals surface area (Å²) in [7, 11) is 1.30. The summed E-state index contributed by atoms with van der Waals surface area (Å²) < 4.78 is 23.1. The van der Waals surface area contributed by atoms with E-state index >= 15 is 0 Å². The maximum atomic E-state index is 13.2. The van der Waals surface area contributed by atoms with E-state index in [-0.39, 0.29) is 33.8 Å². The highest BCUT2D eigenvalue weighted by Gasteiger charge is 2.49. The summed E-state index contributed by atoms with van der Waals surface area (Å²) in [6.45, 7) is 2.74. The molecule has 0 spiro atoms. The molecule has 0 saturated carbocycles. The SMILES string of the molecule is CCC(C)C(=O)OC1[C@@H](O)[C@H](O)C(CO)O[C@H]1c1c(OC)cc(O)c2c(=O)cc(-c3ccc(O)cc3)oc12. The van der Waals surface area contributed by atoms with Crippen LogP contribution in [0.5, 0.6) is 17.2 Å². The van der Waals surface area contributed by atoms with Crippen LogP contribution in [-0.2, 0) is 14.3 Å². The summed E-state index contributed by atoms with van der Waals surface area (Å²) in [4.78, 5) is 25.9. The van der Waals surface area contributed by atoms with Gasteiger partial charge in [-0.05, 0) is 30.7 Å². The minimum absolute atomic E-state index is 0.000973. The molecule has 11 nitrogen and oxygen atoms in total. The Morgan fingerprint density at radius 2 is 1.79 bits per heavy atom.